The molecule has 5 nitrogen and oxygen atoms in total. The summed E-state index contributed by atoms with van der Waals surface area (Å²) in [6, 6.07) is 0. The van der Waals surface area contributed by atoms with Crippen LogP contribution in [0.5, 0.6) is 0 Å². The predicted octanol–water partition coefficient (Wildman–Crippen LogP) is 1.77. The van der Waals surface area contributed by atoms with Gasteiger partial charge in [-0.1, -0.05) is 5.16 Å². The van der Waals surface area contributed by atoms with Crippen molar-refractivity contribution in [2.45, 2.75) is 13.0 Å². The molecule has 90 valence electrons. The molecule has 1 saturated heterocycles. The molecule has 1 aliphatic rings. The highest BCUT2D eigenvalue weighted by molar-refractivity contribution is 7.08. The summed E-state index contributed by atoms with van der Waals surface area (Å²) < 4.78 is 10.8. The van der Waals surface area contributed by atoms with Gasteiger partial charge in [0.1, 0.15) is 6.10 Å². The van der Waals surface area contributed by atoms with Crippen molar-refractivity contribution in [1.82, 2.24) is 15.5 Å². The number of thiophene rings is 1. The molecule has 3 heterocycles. The van der Waals surface area contributed by atoms with Gasteiger partial charge in [0.05, 0.1) is 6.61 Å². The molecule has 0 amide bonds. The summed E-state index contributed by atoms with van der Waals surface area (Å²) in [6.07, 6.45) is -0.121. The Hall–Kier alpha value is -1.24. The summed E-state index contributed by atoms with van der Waals surface area (Å²) in [6.45, 7) is 4.33. The zero-order valence-corrected chi connectivity index (χ0v) is 10.3. The van der Waals surface area contributed by atoms with Gasteiger partial charge in [0, 0.05) is 24.0 Å². The van der Waals surface area contributed by atoms with Crippen LogP contribution in [0.25, 0.3) is 11.4 Å². The molecule has 3 rings (SSSR count). The van der Waals surface area contributed by atoms with Gasteiger partial charge < -0.3 is 14.6 Å². The van der Waals surface area contributed by atoms with E-state index >= 15 is 0 Å². The summed E-state index contributed by atoms with van der Waals surface area (Å²) in [5, 5.41) is 11.4. The van der Waals surface area contributed by atoms with Crippen molar-refractivity contribution >= 4 is 11.3 Å². The van der Waals surface area contributed by atoms with Crippen LogP contribution in [0.2, 0.25) is 0 Å². The number of nitrogens with one attached hydrogen (secondary N) is 1. The average molecular weight is 251 g/mol. The standard InChI is InChI=1S/C11H13N3O2S/c1-7-5-17-6-8(7)10-13-11(16-14-10)9-4-12-2-3-15-9/h5-6,9,12H,2-4H2,1H3. The first-order chi connectivity index (χ1) is 8.34. The van der Waals surface area contributed by atoms with Crippen LogP contribution in [0.15, 0.2) is 15.3 Å². The van der Waals surface area contributed by atoms with Gasteiger partial charge in [0.2, 0.25) is 5.82 Å². The highest BCUT2D eigenvalue weighted by Crippen LogP contribution is 2.26. The molecule has 1 N–H and O–H groups in total. The fraction of sp³-hybridized carbons (Fsp3) is 0.455. The molecule has 0 aromatic carbocycles. The largest absolute Gasteiger partial charge is 0.366 e. The Balaban J connectivity index is 1.85. The molecule has 0 radical (unpaired) electrons. The van der Waals surface area contributed by atoms with Gasteiger partial charge in [-0.2, -0.15) is 16.3 Å². The average Bonchev–Trinajstić information content (AvgIpc) is 2.98. The van der Waals surface area contributed by atoms with Crippen LogP contribution in [0, 0.1) is 6.92 Å². The maximum atomic E-state index is 5.57. The lowest BCUT2D eigenvalue weighted by Gasteiger charge is -2.19. The van der Waals surface area contributed by atoms with E-state index in [1.54, 1.807) is 11.3 Å². The summed E-state index contributed by atoms with van der Waals surface area (Å²) >= 11 is 1.64. The summed E-state index contributed by atoms with van der Waals surface area (Å²) in [5.41, 5.74) is 2.21. The second-order valence-electron chi connectivity index (χ2n) is 3.99. The molecule has 0 saturated carbocycles. The van der Waals surface area contributed by atoms with Crippen LogP contribution in [-0.2, 0) is 4.74 Å². The molecule has 1 aliphatic heterocycles. The van der Waals surface area contributed by atoms with Crippen molar-refractivity contribution in [1.29, 1.82) is 0 Å². The lowest BCUT2D eigenvalue weighted by atomic mass is 10.2. The number of hydrogen-bond donors (Lipinski definition) is 1. The Morgan fingerprint density at radius 2 is 2.41 bits per heavy atom. The number of hydrogen-bond acceptors (Lipinski definition) is 6. The molecule has 1 fully saturated rings. The first-order valence-electron chi connectivity index (χ1n) is 5.53. The molecule has 0 aliphatic carbocycles. The lowest BCUT2D eigenvalue weighted by Crippen LogP contribution is -2.33. The fourth-order valence-electron chi connectivity index (χ4n) is 1.79. The topological polar surface area (TPSA) is 60.2 Å². The van der Waals surface area contributed by atoms with E-state index in [4.69, 9.17) is 9.26 Å². The molecular formula is C11H13N3O2S. The first-order valence-corrected chi connectivity index (χ1v) is 6.48. The van der Waals surface area contributed by atoms with Crippen LogP contribution < -0.4 is 5.32 Å². The SMILES string of the molecule is Cc1cscc1-c1noc(C2CNCCO2)n1. The molecule has 6 heteroatoms. The maximum Gasteiger partial charge on any atom is 0.257 e. The number of rotatable bonds is 2. The van der Waals surface area contributed by atoms with E-state index in [1.807, 2.05) is 12.3 Å². The number of morpholine rings is 1. The van der Waals surface area contributed by atoms with E-state index in [-0.39, 0.29) is 6.10 Å². The zero-order chi connectivity index (χ0) is 11.7. The third kappa shape index (κ3) is 2.11. The molecule has 2 aromatic rings. The van der Waals surface area contributed by atoms with Crippen molar-refractivity contribution < 1.29 is 9.26 Å². The second-order valence-corrected chi connectivity index (χ2v) is 4.73. The Kier molecular flexibility index (Phi) is 2.92. The minimum Gasteiger partial charge on any atom is -0.366 e. The molecule has 2 aromatic heterocycles. The van der Waals surface area contributed by atoms with E-state index in [0.717, 1.165) is 18.7 Å². The minimum absolute atomic E-state index is 0.121. The zero-order valence-electron chi connectivity index (χ0n) is 9.47. The molecular weight excluding hydrogens is 238 g/mol. The van der Waals surface area contributed by atoms with E-state index < -0.39 is 0 Å². The van der Waals surface area contributed by atoms with Gasteiger partial charge in [-0.05, 0) is 17.9 Å². The minimum atomic E-state index is -0.121. The number of nitrogens with zero attached hydrogens (tertiary/aromatic N) is 2. The molecule has 1 unspecified atom stereocenters. The highest BCUT2D eigenvalue weighted by Gasteiger charge is 2.22. The monoisotopic (exact) mass is 251 g/mol. The van der Waals surface area contributed by atoms with E-state index in [1.165, 1.54) is 5.56 Å². The third-order valence-corrected chi connectivity index (χ3v) is 3.60. The lowest BCUT2D eigenvalue weighted by molar-refractivity contribution is 0.00755. The van der Waals surface area contributed by atoms with Crippen molar-refractivity contribution in [2.24, 2.45) is 0 Å². The summed E-state index contributed by atoms with van der Waals surface area (Å²) in [7, 11) is 0. The molecule has 0 spiro atoms. The maximum absolute atomic E-state index is 5.57. The normalized spacial score (nSPS) is 20.6. The first kappa shape index (κ1) is 10.9. The molecule has 1 atom stereocenters. The van der Waals surface area contributed by atoms with Crippen LogP contribution in [0.3, 0.4) is 0 Å². The second kappa shape index (κ2) is 4.56. The van der Waals surface area contributed by atoms with E-state index in [9.17, 15) is 0 Å². The highest BCUT2D eigenvalue weighted by atomic mass is 32.1. The smallest absolute Gasteiger partial charge is 0.257 e. The number of aryl methyl sites for hydroxylation is 1. The van der Waals surface area contributed by atoms with Crippen molar-refractivity contribution in [3.8, 4) is 11.4 Å². The summed E-state index contributed by atoms with van der Waals surface area (Å²) in [5.74, 6) is 1.20. The Morgan fingerprint density at radius 1 is 1.47 bits per heavy atom. The van der Waals surface area contributed by atoms with Gasteiger partial charge >= 0.3 is 0 Å². The Morgan fingerprint density at radius 3 is 3.12 bits per heavy atom. The number of ether oxygens (including phenoxy) is 1. The van der Waals surface area contributed by atoms with Crippen molar-refractivity contribution in [3.63, 3.8) is 0 Å². The van der Waals surface area contributed by atoms with Crippen LogP contribution in [-0.4, -0.2) is 29.8 Å². The quantitative estimate of drug-likeness (QED) is 0.881. The molecule has 17 heavy (non-hydrogen) atoms. The molecule has 0 bridgehead atoms. The van der Waals surface area contributed by atoms with Crippen LogP contribution >= 0.6 is 11.3 Å². The predicted molar refractivity (Wildman–Crippen MR) is 63.9 cm³/mol. The fourth-order valence-corrected chi connectivity index (χ4v) is 2.62. The Bertz CT molecular complexity index is 502. The Labute approximate surface area is 103 Å². The van der Waals surface area contributed by atoms with Crippen LogP contribution in [0.4, 0.5) is 0 Å². The van der Waals surface area contributed by atoms with Crippen molar-refractivity contribution in [2.75, 3.05) is 19.7 Å². The van der Waals surface area contributed by atoms with Crippen molar-refractivity contribution in [3.05, 3.63) is 22.2 Å². The van der Waals surface area contributed by atoms with Crippen LogP contribution in [0.1, 0.15) is 17.6 Å². The van der Waals surface area contributed by atoms with E-state index in [2.05, 4.69) is 20.8 Å². The van der Waals surface area contributed by atoms with Gasteiger partial charge in [0.15, 0.2) is 0 Å². The van der Waals surface area contributed by atoms with Gasteiger partial charge in [-0.25, -0.2) is 0 Å². The van der Waals surface area contributed by atoms with Gasteiger partial charge in [-0.3, -0.25) is 0 Å². The van der Waals surface area contributed by atoms with E-state index in [0.29, 0.717) is 18.3 Å². The van der Waals surface area contributed by atoms with Gasteiger partial charge in [0.25, 0.3) is 5.89 Å². The third-order valence-electron chi connectivity index (χ3n) is 2.74. The van der Waals surface area contributed by atoms with Gasteiger partial charge in [-0.15, -0.1) is 0 Å². The number of aromatic nitrogens is 2. The summed E-state index contributed by atoms with van der Waals surface area (Å²) in [4.78, 5) is 4.40.